The van der Waals surface area contributed by atoms with Gasteiger partial charge in [-0.2, -0.15) is 0 Å². The molecule has 0 spiro atoms. The van der Waals surface area contributed by atoms with Crippen LogP contribution in [0.25, 0.3) is 0 Å². The Kier molecular flexibility index (Phi) is 3.71. The van der Waals surface area contributed by atoms with Crippen LogP contribution < -0.4 is 11.1 Å². The summed E-state index contributed by atoms with van der Waals surface area (Å²) < 4.78 is -0.323. The van der Waals surface area contributed by atoms with E-state index >= 15 is 0 Å². The highest BCUT2D eigenvalue weighted by Crippen LogP contribution is 2.37. The Morgan fingerprint density at radius 2 is 2.39 bits per heavy atom. The number of rotatable bonds is 3. The third-order valence-corrected chi connectivity index (χ3v) is 4.76. The number of thioether (sulfide) groups is 1. The number of hydrogen-bond donors (Lipinski definition) is 3. The molecule has 4 nitrogen and oxygen atoms in total. The summed E-state index contributed by atoms with van der Waals surface area (Å²) in [4.78, 5) is 12.1. The summed E-state index contributed by atoms with van der Waals surface area (Å²) in [5, 5.41) is 12.5. The zero-order valence-corrected chi connectivity index (χ0v) is 11.2. The number of phenols is 1. The predicted molar refractivity (Wildman–Crippen MR) is 74.5 cm³/mol. The molecule has 4 N–H and O–H groups in total. The summed E-state index contributed by atoms with van der Waals surface area (Å²) in [6.45, 7) is 2.28. The van der Waals surface area contributed by atoms with E-state index in [2.05, 4.69) is 5.32 Å². The van der Waals surface area contributed by atoms with Crippen molar-refractivity contribution >= 4 is 23.4 Å². The number of carbonyl (C=O) groups excluding carboxylic acids is 1. The van der Waals surface area contributed by atoms with E-state index in [1.807, 2.05) is 6.92 Å². The second-order valence-electron chi connectivity index (χ2n) is 4.75. The summed E-state index contributed by atoms with van der Waals surface area (Å²) in [7, 11) is 0. The molecule has 1 aliphatic heterocycles. The van der Waals surface area contributed by atoms with Crippen molar-refractivity contribution in [2.24, 2.45) is 0 Å². The van der Waals surface area contributed by atoms with Gasteiger partial charge in [-0.25, -0.2) is 0 Å². The van der Waals surface area contributed by atoms with E-state index in [9.17, 15) is 9.90 Å². The minimum atomic E-state index is -0.323. The van der Waals surface area contributed by atoms with E-state index in [0.717, 1.165) is 18.6 Å². The lowest BCUT2D eigenvalue weighted by molar-refractivity contribution is -0.123. The molecule has 1 aromatic rings. The van der Waals surface area contributed by atoms with Gasteiger partial charge in [-0.15, -0.1) is 11.8 Å². The van der Waals surface area contributed by atoms with E-state index in [1.165, 1.54) is 0 Å². The van der Waals surface area contributed by atoms with Gasteiger partial charge < -0.3 is 16.2 Å². The predicted octanol–water partition coefficient (Wildman–Crippen LogP) is 1.88. The largest absolute Gasteiger partial charge is 0.508 e. The highest BCUT2D eigenvalue weighted by atomic mass is 32.2. The SMILES string of the molecule is CC1(C(=O)NCc2cc(N)ccc2O)CCCS1. The highest BCUT2D eigenvalue weighted by molar-refractivity contribution is 8.01. The lowest BCUT2D eigenvalue weighted by atomic mass is 10.0. The number of benzene rings is 1. The maximum absolute atomic E-state index is 12.1. The molecule has 98 valence electrons. The Labute approximate surface area is 111 Å². The first-order valence-electron chi connectivity index (χ1n) is 6.01. The molecule has 0 aromatic heterocycles. The van der Waals surface area contributed by atoms with Crippen LogP contribution in [-0.4, -0.2) is 21.5 Å². The van der Waals surface area contributed by atoms with Crippen molar-refractivity contribution in [3.63, 3.8) is 0 Å². The van der Waals surface area contributed by atoms with Crippen LogP contribution in [-0.2, 0) is 11.3 Å². The third kappa shape index (κ3) is 2.72. The van der Waals surface area contributed by atoms with E-state index in [1.54, 1.807) is 30.0 Å². The summed E-state index contributed by atoms with van der Waals surface area (Å²) in [6, 6.07) is 4.86. The molecule has 0 aliphatic carbocycles. The second-order valence-corrected chi connectivity index (χ2v) is 6.35. The molecule has 0 bridgehead atoms. The van der Waals surface area contributed by atoms with Crippen LogP contribution in [0.5, 0.6) is 5.75 Å². The van der Waals surface area contributed by atoms with Gasteiger partial charge in [-0.3, -0.25) is 4.79 Å². The van der Waals surface area contributed by atoms with Crippen LogP contribution in [0.15, 0.2) is 18.2 Å². The molecule has 0 radical (unpaired) electrons. The smallest absolute Gasteiger partial charge is 0.236 e. The molecule has 1 fully saturated rings. The zero-order valence-electron chi connectivity index (χ0n) is 10.4. The van der Waals surface area contributed by atoms with Crippen LogP contribution in [0, 0.1) is 0 Å². The van der Waals surface area contributed by atoms with E-state index in [0.29, 0.717) is 17.8 Å². The highest BCUT2D eigenvalue weighted by Gasteiger charge is 2.36. The van der Waals surface area contributed by atoms with Crippen LogP contribution in [0.1, 0.15) is 25.3 Å². The number of phenolic OH excluding ortho intramolecular Hbond substituents is 1. The average Bonchev–Trinajstić information content (AvgIpc) is 2.78. The van der Waals surface area contributed by atoms with E-state index < -0.39 is 0 Å². The molecule has 0 saturated carbocycles. The first kappa shape index (κ1) is 13.1. The van der Waals surface area contributed by atoms with Gasteiger partial charge in [0.2, 0.25) is 5.91 Å². The van der Waals surface area contributed by atoms with Crippen LogP contribution in [0.2, 0.25) is 0 Å². The van der Waals surface area contributed by atoms with Crippen molar-refractivity contribution in [1.29, 1.82) is 0 Å². The fraction of sp³-hybridized carbons (Fsp3) is 0.462. The van der Waals surface area contributed by atoms with Gasteiger partial charge in [0.05, 0.1) is 4.75 Å². The van der Waals surface area contributed by atoms with Gasteiger partial charge in [0, 0.05) is 17.8 Å². The quantitative estimate of drug-likeness (QED) is 0.577. The Bertz CT molecular complexity index is 456. The monoisotopic (exact) mass is 266 g/mol. The maximum Gasteiger partial charge on any atom is 0.236 e. The lowest BCUT2D eigenvalue weighted by Gasteiger charge is -2.21. The fourth-order valence-electron chi connectivity index (χ4n) is 2.07. The van der Waals surface area contributed by atoms with Crippen LogP contribution in [0.4, 0.5) is 5.69 Å². The molecule has 1 aliphatic rings. The minimum Gasteiger partial charge on any atom is -0.508 e. The molecule has 2 rings (SSSR count). The van der Waals surface area contributed by atoms with Gasteiger partial charge in [0.15, 0.2) is 0 Å². The van der Waals surface area contributed by atoms with E-state index in [-0.39, 0.29) is 16.4 Å². The summed E-state index contributed by atoms with van der Waals surface area (Å²) in [5.74, 6) is 1.23. The second kappa shape index (κ2) is 5.10. The first-order chi connectivity index (χ1) is 8.51. The summed E-state index contributed by atoms with van der Waals surface area (Å²) in [5.41, 5.74) is 6.88. The summed E-state index contributed by atoms with van der Waals surface area (Å²) in [6.07, 6.45) is 1.99. The first-order valence-corrected chi connectivity index (χ1v) is 6.99. The number of carbonyl (C=O) groups is 1. The molecule has 1 saturated heterocycles. The van der Waals surface area contributed by atoms with Crippen molar-refractivity contribution < 1.29 is 9.90 Å². The normalized spacial score (nSPS) is 22.9. The van der Waals surface area contributed by atoms with Crippen molar-refractivity contribution in [2.45, 2.75) is 31.1 Å². The number of anilines is 1. The van der Waals surface area contributed by atoms with E-state index in [4.69, 9.17) is 5.73 Å². The molecule has 1 amide bonds. The Morgan fingerprint density at radius 3 is 3.06 bits per heavy atom. The molecule has 1 unspecified atom stereocenters. The van der Waals surface area contributed by atoms with Gasteiger partial charge in [-0.1, -0.05) is 0 Å². The Balaban J connectivity index is 1.99. The molecular formula is C13H18N2O2S. The molecule has 1 atom stereocenters. The standard InChI is InChI=1S/C13H18N2O2S/c1-13(5-2-6-18-13)12(17)15-8-9-7-10(14)3-4-11(9)16/h3-4,7,16H,2,5-6,8,14H2,1H3,(H,15,17). The Morgan fingerprint density at radius 1 is 1.61 bits per heavy atom. The molecule has 5 heteroatoms. The number of nitrogen functional groups attached to an aromatic ring is 1. The van der Waals surface area contributed by atoms with Gasteiger partial charge in [0.25, 0.3) is 0 Å². The Hall–Kier alpha value is -1.36. The lowest BCUT2D eigenvalue weighted by Crippen LogP contribution is -2.39. The number of amides is 1. The van der Waals surface area contributed by atoms with Crippen LogP contribution in [0.3, 0.4) is 0 Å². The number of nitrogens with one attached hydrogen (secondary N) is 1. The van der Waals surface area contributed by atoms with Gasteiger partial charge in [0.1, 0.15) is 5.75 Å². The molecule has 18 heavy (non-hydrogen) atoms. The third-order valence-electron chi connectivity index (χ3n) is 3.24. The number of aromatic hydroxyl groups is 1. The molecular weight excluding hydrogens is 248 g/mol. The van der Waals surface area contributed by atoms with Crippen molar-refractivity contribution in [1.82, 2.24) is 5.32 Å². The number of hydrogen-bond acceptors (Lipinski definition) is 4. The van der Waals surface area contributed by atoms with Gasteiger partial charge in [-0.05, 0) is 43.7 Å². The molecule has 1 aromatic carbocycles. The average molecular weight is 266 g/mol. The number of nitrogens with two attached hydrogens (primary N) is 1. The van der Waals surface area contributed by atoms with Gasteiger partial charge >= 0.3 is 0 Å². The fourth-order valence-corrected chi connectivity index (χ4v) is 3.30. The molecule has 1 heterocycles. The minimum absolute atomic E-state index is 0.0341. The summed E-state index contributed by atoms with van der Waals surface area (Å²) >= 11 is 1.70. The van der Waals surface area contributed by atoms with Crippen molar-refractivity contribution in [3.05, 3.63) is 23.8 Å². The zero-order chi connectivity index (χ0) is 13.2. The van der Waals surface area contributed by atoms with Crippen LogP contribution >= 0.6 is 11.8 Å². The maximum atomic E-state index is 12.1. The van der Waals surface area contributed by atoms with Crippen molar-refractivity contribution in [3.8, 4) is 5.75 Å². The topological polar surface area (TPSA) is 75.4 Å². The van der Waals surface area contributed by atoms with Crippen molar-refractivity contribution in [2.75, 3.05) is 11.5 Å².